The van der Waals surface area contributed by atoms with Crippen LogP contribution in [0.15, 0.2) is 34.4 Å². The van der Waals surface area contributed by atoms with Crippen LogP contribution in [-0.2, 0) is 4.79 Å². The lowest BCUT2D eigenvalue weighted by atomic mass is 10.2. The fraction of sp³-hybridized carbons (Fsp3) is 0.308. The number of fused-ring (bicyclic) bond motifs is 2. The number of amides is 1. The predicted molar refractivity (Wildman–Crippen MR) is 75.6 cm³/mol. The number of carbonyl (C=O) groups is 1. The average Bonchev–Trinajstić information content (AvgIpc) is 2.39. The molecule has 0 aliphatic carbocycles. The molecule has 0 spiro atoms. The van der Waals surface area contributed by atoms with Crippen molar-refractivity contribution in [3.8, 4) is 0 Å². The van der Waals surface area contributed by atoms with E-state index in [9.17, 15) is 4.79 Å². The van der Waals surface area contributed by atoms with E-state index in [2.05, 4.69) is 15.4 Å². The standard InChI is InChI=1S/C13H14N4OS/c1-3-19-13-15-12(18)11-9-6-4-5-7-10(9)14-8(2)17(11)16-13/h4-8H,3H2,1-2H3,(H,15,16,18)/t8-/m0/s1. The zero-order valence-electron chi connectivity index (χ0n) is 10.8. The first kappa shape index (κ1) is 12.2. The zero-order valence-corrected chi connectivity index (χ0v) is 11.6. The second-order valence-electron chi connectivity index (χ2n) is 4.26. The minimum Gasteiger partial charge on any atom is -0.298 e. The number of amidine groups is 1. The van der Waals surface area contributed by atoms with Gasteiger partial charge in [-0.25, -0.2) is 5.01 Å². The molecule has 0 aromatic heterocycles. The minimum absolute atomic E-state index is 0.111. The molecule has 1 aromatic rings. The molecule has 0 unspecified atom stereocenters. The van der Waals surface area contributed by atoms with Gasteiger partial charge in [0.2, 0.25) is 0 Å². The molecule has 2 heterocycles. The van der Waals surface area contributed by atoms with Crippen molar-refractivity contribution in [3.63, 3.8) is 0 Å². The number of nitrogens with zero attached hydrogens (tertiary/aromatic N) is 3. The van der Waals surface area contributed by atoms with Crippen LogP contribution in [0.2, 0.25) is 0 Å². The first-order valence-electron chi connectivity index (χ1n) is 6.20. The highest BCUT2D eigenvalue weighted by Crippen LogP contribution is 2.19. The highest BCUT2D eigenvalue weighted by Gasteiger charge is 2.30. The molecule has 2 aliphatic heterocycles. The maximum Gasteiger partial charge on any atom is 0.276 e. The molecule has 98 valence electrons. The van der Waals surface area contributed by atoms with Gasteiger partial charge in [0.25, 0.3) is 5.91 Å². The second kappa shape index (κ2) is 4.70. The van der Waals surface area contributed by atoms with E-state index in [0.29, 0.717) is 10.9 Å². The van der Waals surface area contributed by atoms with Gasteiger partial charge in [0.1, 0.15) is 11.9 Å². The van der Waals surface area contributed by atoms with Gasteiger partial charge >= 0.3 is 0 Å². The molecule has 1 atom stereocenters. The number of thioether (sulfide) groups is 1. The fourth-order valence-electron chi connectivity index (χ4n) is 2.19. The predicted octanol–water partition coefficient (Wildman–Crippen LogP) is 0.230. The second-order valence-corrected chi connectivity index (χ2v) is 5.52. The van der Waals surface area contributed by atoms with Crippen LogP contribution in [0, 0.1) is 0 Å². The number of benzene rings is 1. The van der Waals surface area contributed by atoms with Crippen molar-refractivity contribution in [1.29, 1.82) is 0 Å². The van der Waals surface area contributed by atoms with E-state index >= 15 is 0 Å². The molecule has 6 heteroatoms. The van der Waals surface area contributed by atoms with E-state index in [1.807, 2.05) is 38.1 Å². The van der Waals surface area contributed by atoms with Crippen molar-refractivity contribution in [3.05, 3.63) is 34.8 Å². The van der Waals surface area contributed by atoms with Crippen LogP contribution in [0.1, 0.15) is 13.8 Å². The van der Waals surface area contributed by atoms with E-state index in [-0.39, 0.29) is 12.1 Å². The van der Waals surface area contributed by atoms with Crippen molar-refractivity contribution >= 4 is 28.5 Å². The van der Waals surface area contributed by atoms with Gasteiger partial charge in [-0.2, -0.15) is 0 Å². The molecular formula is C13H14N4OS. The molecule has 1 aromatic carbocycles. The van der Waals surface area contributed by atoms with Crippen LogP contribution in [0.4, 0.5) is 0 Å². The van der Waals surface area contributed by atoms with Gasteiger partial charge in [0, 0.05) is 5.22 Å². The maximum absolute atomic E-state index is 12.3. The maximum atomic E-state index is 12.3. The van der Waals surface area contributed by atoms with E-state index in [1.165, 1.54) is 11.8 Å². The molecule has 5 nitrogen and oxygen atoms in total. The summed E-state index contributed by atoms with van der Waals surface area (Å²) in [6, 6.07) is 7.65. The topological polar surface area (TPSA) is 57.1 Å². The number of rotatable bonds is 1. The summed E-state index contributed by atoms with van der Waals surface area (Å²) in [4.78, 5) is 16.9. The Morgan fingerprint density at radius 1 is 1.42 bits per heavy atom. The molecule has 0 bridgehead atoms. The Hall–Kier alpha value is -1.82. The van der Waals surface area contributed by atoms with E-state index in [1.54, 1.807) is 5.01 Å². The molecule has 0 radical (unpaired) electrons. The molecule has 19 heavy (non-hydrogen) atoms. The Morgan fingerprint density at radius 3 is 3.00 bits per heavy atom. The van der Waals surface area contributed by atoms with Crippen molar-refractivity contribution < 1.29 is 4.79 Å². The molecule has 2 aliphatic rings. The molecule has 1 N–H and O–H groups in total. The smallest absolute Gasteiger partial charge is 0.276 e. The number of carbonyl (C=O) groups excluding carboxylic acids is 1. The lowest BCUT2D eigenvalue weighted by Crippen LogP contribution is -2.51. The van der Waals surface area contributed by atoms with E-state index < -0.39 is 0 Å². The van der Waals surface area contributed by atoms with E-state index in [4.69, 9.17) is 0 Å². The molecule has 1 amide bonds. The van der Waals surface area contributed by atoms with Crippen molar-refractivity contribution in [2.45, 2.75) is 20.0 Å². The van der Waals surface area contributed by atoms with Crippen molar-refractivity contribution in [2.75, 3.05) is 5.75 Å². The Bertz CT molecular complexity index is 682. The summed E-state index contributed by atoms with van der Waals surface area (Å²) in [6.45, 7) is 3.96. The average molecular weight is 274 g/mol. The third kappa shape index (κ3) is 2.02. The van der Waals surface area contributed by atoms with Crippen LogP contribution in [-0.4, -0.2) is 28.0 Å². The first-order valence-corrected chi connectivity index (χ1v) is 7.18. The molecule has 0 fully saturated rings. The summed E-state index contributed by atoms with van der Waals surface area (Å²) in [5, 5.41) is 11.3. The Kier molecular flexibility index (Phi) is 3.02. The number of nitrogens with one attached hydrogen (secondary N) is 1. The quantitative estimate of drug-likeness (QED) is 0.797. The first-order chi connectivity index (χ1) is 9.20. The molecule has 3 rings (SSSR count). The number of hydrazone groups is 1. The van der Waals surface area contributed by atoms with Gasteiger partial charge in [0.15, 0.2) is 5.17 Å². The largest absolute Gasteiger partial charge is 0.298 e. The Morgan fingerprint density at radius 2 is 2.21 bits per heavy atom. The summed E-state index contributed by atoms with van der Waals surface area (Å²) < 4.78 is 0. The number of hydrogen-bond acceptors (Lipinski definition) is 5. The van der Waals surface area contributed by atoms with Crippen LogP contribution in [0.5, 0.6) is 0 Å². The zero-order chi connectivity index (χ0) is 13.4. The SMILES string of the molecule is CCSC1=NN2C(=c3ccccc3=N[C@@H]2C)C(=O)N1. The molecule has 0 saturated heterocycles. The fourth-order valence-corrected chi connectivity index (χ4v) is 2.78. The van der Waals surface area contributed by atoms with Crippen LogP contribution >= 0.6 is 11.8 Å². The van der Waals surface area contributed by atoms with Gasteiger partial charge in [-0.05, 0) is 18.7 Å². The highest BCUT2D eigenvalue weighted by atomic mass is 32.2. The summed E-state index contributed by atoms with van der Waals surface area (Å²) in [7, 11) is 0. The third-order valence-electron chi connectivity index (χ3n) is 2.98. The van der Waals surface area contributed by atoms with Gasteiger partial charge < -0.3 is 0 Å². The van der Waals surface area contributed by atoms with Crippen LogP contribution in [0.25, 0.3) is 5.70 Å². The Labute approximate surface area is 115 Å². The summed E-state index contributed by atoms with van der Waals surface area (Å²) in [5.41, 5.74) is 0.582. The number of para-hydroxylation sites is 1. The minimum atomic E-state index is -0.164. The van der Waals surface area contributed by atoms with Gasteiger partial charge in [-0.15, -0.1) is 5.10 Å². The van der Waals surface area contributed by atoms with Crippen molar-refractivity contribution in [1.82, 2.24) is 10.3 Å². The van der Waals surface area contributed by atoms with Crippen LogP contribution in [0.3, 0.4) is 0 Å². The lowest BCUT2D eigenvalue weighted by molar-refractivity contribution is -0.116. The van der Waals surface area contributed by atoms with Crippen LogP contribution < -0.4 is 15.9 Å². The third-order valence-corrected chi connectivity index (χ3v) is 3.73. The highest BCUT2D eigenvalue weighted by molar-refractivity contribution is 8.13. The van der Waals surface area contributed by atoms with E-state index in [0.717, 1.165) is 16.3 Å². The molecule has 0 saturated carbocycles. The lowest BCUT2D eigenvalue weighted by Gasteiger charge is -2.32. The summed E-state index contributed by atoms with van der Waals surface area (Å²) in [6.07, 6.45) is -0.164. The van der Waals surface area contributed by atoms with Gasteiger partial charge in [-0.3, -0.25) is 15.1 Å². The van der Waals surface area contributed by atoms with Crippen molar-refractivity contribution in [2.24, 2.45) is 10.1 Å². The number of hydrogen-bond donors (Lipinski definition) is 1. The molecular weight excluding hydrogens is 260 g/mol. The van der Waals surface area contributed by atoms with Gasteiger partial charge in [0.05, 0.1) is 5.36 Å². The normalized spacial score (nSPS) is 21.1. The summed E-state index contributed by atoms with van der Waals surface area (Å²) >= 11 is 1.52. The summed E-state index contributed by atoms with van der Waals surface area (Å²) in [5.74, 6) is 0.755. The van der Waals surface area contributed by atoms with Gasteiger partial charge in [-0.1, -0.05) is 36.9 Å². The monoisotopic (exact) mass is 274 g/mol. The Balaban J connectivity index is 2.21.